The van der Waals surface area contributed by atoms with Gasteiger partial charge in [-0.2, -0.15) is 0 Å². The van der Waals surface area contributed by atoms with E-state index in [0.717, 1.165) is 6.26 Å². The number of sulfone groups is 1. The van der Waals surface area contributed by atoms with Gasteiger partial charge in [-0.05, 0) is 37.0 Å². The van der Waals surface area contributed by atoms with Crippen molar-refractivity contribution in [2.75, 3.05) is 6.26 Å². The summed E-state index contributed by atoms with van der Waals surface area (Å²) in [5, 5.41) is 22.0. The summed E-state index contributed by atoms with van der Waals surface area (Å²) in [6.07, 6.45) is 1.71. The van der Waals surface area contributed by atoms with E-state index in [1.165, 1.54) is 12.1 Å². The molecule has 0 aliphatic heterocycles. The van der Waals surface area contributed by atoms with Gasteiger partial charge in [0.25, 0.3) is 5.91 Å². The second kappa shape index (κ2) is 7.73. The van der Waals surface area contributed by atoms with Crippen LogP contribution in [0.4, 0.5) is 0 Å². The fourth-order valence-electron chi connectivity index (χ4n) is 3.13. The number of nitrogens with one attached hydrogen (secondary N) is 1. The predicted octanol–water partition coefficient (Wildman–Crippen LogP) is -0.166. The molecule has 5 N–H and O–H groups in total. The minimum absolute atomic E-state index is 0.138. The first-order chi connectivity index (χ1) is 12.0. The van der Waals surface area contributed by atoms with E-state index in [2.05, 4.69) is 5.32 Å². The van der Waals surface area contributed by atoms with E-state index in [1.54, 1.807) is 12.1 Å². The summed E-state index contributed by atoms with van der Waals surface area (Å²) in [7, 11) is -3.31. The maximum atomic E-state index is 12.2. The molecular weight excluding hydrogens is 360 g/mol. The zero-order chi connectivity index (χ0) is 19.5. The third-order valence-corrected chi connectivity index (χ3v) is 5.85. The number of nitrogens with two attached hydrogens (primary N) is 1. The Morgan fingerprint density at radius 3 is 2.23 bits per heavy atom. The van der Waals surface area contributed by atoms with E-state index >= 15 is 0 Å². The summed E-state index contributed by atoms with van der Waals surface area (Å²) in [4.78, 5) is 23.9. The van der Waals surface area contributed by atoms with Gasteiger partial charge in [-0.1, -0.05) is 25.0 Å². The lowest BCUT2D eigenvalue weighted by molar-refractivity contribution is -0.149. The van der Waals surface area contributed by atoms with Crippen molar-refractivity contribution in [2.45, 2.75) is 54.7 Å². The number of carbonyl (C=O) groups is 2. The lowest BCUT2D eigenvalue weighted by Gasteiger charge is -2.28. The first kappa shape index (κ1) is 20.3. The number of aliphatic carboxylic acids is 1. The molecule has 1 aromatic rings. The molecule has 0 saturated heterocycles. The number of aliphatic hydroxyl groups is 1. The van der Waals surface area contributed by atoms with Crippen LogP contribution in [0.2, 0.25) is 0 Å². The molecule has 1 saturated carbocycles. The van der Waals surface area contributed by atoms with Crippen molar-refractivity contribution in [3.63, 3.8) is 0 Å². The first-order valence-electron chi connectivity index (χ1n) is 8.33. The summed E-state index contributed by atoms with van der Waals surface area (Å²) in [5.74, 6) is -1.92. The second-order valence-electron chi connectivity index (χ2n) is 6.81. The summed E-state index contributed by atoms with van der Waals surface area (Å²) >= 11 is 0. The summed E-state index contributed by atoms with van der Waals surface area (Å²) in [6.45, 7) is 0. The smallest absolute Gasteiger partial charge is 0.329 e. The third-order valence-electron chi connectivity index (χ3n) is 4.73. The Kier molecular flexibility index (Phi) is 6.05. The van der Waals surface area contributed by atoms with Crippen molar-refractivity contribution in [1.29, 1.82) is 0 Å². The van der Waals surface area contributed by atoms with E-state index in [4.69, 9.17) is 5.73 Å². The molecule has 144 valence electrons. The fourth-order valence-corrected chi connectivity index (χ4v) is 3.76. The summed E-state index contributed by atoms with van der Waals surface area (Å²) in [5.41, 5.74) is 5.21. The van der Waals surface area contributed by atoms with Crippen LogP contribution in [-0.4, -0.2) is 54.4 Å². The van der Waals surface area contributed by atoms with Gasteiger partial charge in [0.05, 0.1) is 4.90 Å². The van der Waals surface area contributed by atoms with Gasteiger partial charge >= 0.3 is 5.97 Å². The Bertz CT molecular complexity index is 769. The van der Waals surface area contributed by atoms with Crippen molar-refractivity contribution in [3.05, 3.63) is 29.8 Å². The maximum absolute atomic E-state index is 12.2. The highest BCUT2D eigenvalue weighted by atomic mass is 32.2. The minimum Gasteiger partial charge on any atom is -0.480 e. The van der Waals surface area contributed by atoms with E-state index in [9.17, 15) is 28.2 Å². The molecule has 8 nitrogen and oxygen atoms in total. The highest BCUT2D eigenvalue weighted by molar-refractivity contribution is 7.90. The second-order valence-corrected chi connectivity index (χ2v) is 8.83. The lowest BCUT2D eigenvalue weighted by Crippen LogP contribution is -2.58. The van der Waals surface area contributed by atoms with Crippen LogP contribution < -0.4 is 11.1 Å². The Morgan fingerprint density at radius 2 is 1.77 bits per heavy atom. The van der Waals surface area contributed by atoms with Gasteiger partial charge in [0.1, 0.15) is 11.6 Å². The minimum atomic E-state index is -3.31. The van der Waals surface area contributed by atoms with Crippen molar-refractivity contribution < 1.29 is 28.2 Å². The number of benzene rings is 1. The van der Waals surface area contributed by atoms with Crippen LogP contribution in [0, 0.1) is 0 Å². The van der Waals surface area contributed by atoms with Crippen LogP contribution in [0.5, 0.6) is 0 Å². The molecule has 2 atom stereocenters. The molecule has 1 amide bonds. The number of carbonyl (C=O) groups excluding carboxylic acids is 1. The molecule has 0 aromatic heterocycles. The molecule has 1 aliphatic rings. The molecule has 2 rings (SSSR count). The summed E-state index contributed by atoms with van der Waals surface area (Å²) in [6, 6.07) is 5.04. The van der Waals surface area contributed by atoms with E-state index in [0.29, 0.717) is 31.2 Å². The van der Waals surface area contributed by atoms with E-state index in [1.807, 2.05) is 0 Å². The van der Waals surface area contributed by atoms with Crippen molar-refractivity contribution in [3.8, 4) is 0 Å². The van der Waals surface area contributed by atoms with E-state index in [-0.39, 0.29) is 11.3 Å². The molecule has 0 spiro atoms. The number of carboxylic acids is 1. The van der Waals surface area contributed by atoms with Gasteiger partial charge in [-0.25, -0.2) is 13.2 Å². The van der Waals surface area contributed by atoms with Gasteiger partial charge in [0.2, 0.25) is 0 Å². The predicted molar refractivity (Wildman–Crippen MR) is 94.2 cm³/mol. The normalized spacial score (nSPS) is 18.9. The standard InChI is InChI=1S/C17H24N2O6S/c1-26(24,25)12-6-4-11(5-7-12)10-13(18)14(20)15(21)19-17(16(22)23)8-2-3-9-17/h4-7,13-14,20H,2-3,8-10,18H2,1H3,(H,19,21)(H,22,23)/t13-,14+/m0/s1. The first-order valence-corrected chi connectivity index (χ1v) is 10.2. The largest absolute Gasteiger partial charge is 0.480 e. The lowest BCUT2D eigenvalue weighted by atomic mass is 9.96. The van der Waals surface area contributed by atoms with E-state index < -0.39 is 39.4 Å². The Morgan fingerprint density at radius 1 is 1.23 bits per heavy atom. The molecule has 26 heavy (non-hydrogen) atoms. The molecule has 1 aliphatic carbocycles. The topological polar surface area (TPSA) is 147 Å². The molecular formula is C17H24N2O6S. The number of carboxylic acid groups (broad SMARTS) is 1. The van der Waals surface area contributed by atoms with Crippen LogP contribution in [-0.2, 0) is 25.8 Å². The molecule has 1 fully saturated rings. The third kappa shape index (κ3) is 4.60. The molecule has 0 unspecified atom stereocenters. The highest BCUT2D eigenvalue weighted by Crippen LogP contribution is 2.30. The molecule has 0 bridgehead atoms. The van der Waals surface area contributed by atoms with Gasteiger partial charge < -0.3 is 21.3 Å². The Hall–Kier alpha value is -1.97. The molecule has 0 radical (unpaired) electrons. The average molecular weight is 384 g/mol. The van der Waals surface area contributed by atoms with Crippen LogP contribution in [0.3, 0.4) is 0 Å². The monoisotopic (exact) mass is 384 g/mol. The number of aliphatic hydroxyl groups excluding tert-OH is 1. The van der Waals surface area contributed by atoms with Crippen LogP contribution in [0.15, 0.2) is 29.2 Å². The average Bonchev–Trinajstić information content (AvgIpc) is 3.03. The number of amides is 1. The molecule has 1 aromatic carbocycles. The van der Waals surface area contributed by atoms with Crippen LogP contribution >= 0.6 is 0 Å². The zero-order valence-corrected chi connectivity index (χ0v) is 15.3. The Balaban J connectivity index is 2.01. The Labute approximate surface area is 152 Å². The van der Waals surface area contributed by atoms with Gasteiger partial charge in [0.15, 0.2) is 9.84 Å². The summed E-state index contributed by atoms with van der Waals surface area (Å²) < 4.78 is 22.9. The number of hydrogen-bond donors (Lipinski definition) is 4. The molecule has 9 heteroatoms. The molecule has 0 heterocycles. The van der Waals surface area contributed by atoms with Gasteiger partial charge in [0, 0.05) is 12.3 Å². The van der Waals surface area contributed by atoms with Crippen LogP contribution in [0.25, 0.3) is 0 Å². The van der Waals surface area contributed by atoms with Crippen LogP contribution in [0.1, 0.15) is 31.2 Å². The van der Waals surface area contributed by atoms with Gasteiger partial charge in [-0.3, -0.25) is 4.79 Å². The number of hydrogen-bond acceptors (Lipinski definition) is 6. The fraction of sp³-hybridized carbons (Fsp3) is 0.529. The van der Waals surface area contributed by atoms with Crippen molar-refractivity contribution in [1.82, 2.24) is 5.32 Å². The van der Waals surface area contributed by atoms with Gasteiger partial charge in [-0.15, -0.1) is 0 Å². The highest BCUT2D eigenvalue weighted by Gasteiger charge is 2.44. The SMILES string of the molecule is CS(=O)(=O)c1ccc(C[C@H](N)[C@@H](O)C(=O)NC2(C(=O)O)CCCC2)cc1. The number of rotatable bonds is 7. The van der Waals surface area contributed by atoms with Crippen molar-refractivity contribution in [2.24, 2.45) is 5.73 Å². The zero-order valence-electron chi connectivity index (χ0n) is 14.5. The maximum Gasteiger partial charge on any atom is 0.329 e. The van der Waals surface area contributed by atoms with Crippen molar-refractivity contribution >= 4 is 21.7 Å². The quantitative estimate of drug-likeness (QED) is 0.510.